The molecule has 0 atom stereocenters. The number of halogens is 2. The fourth-order valence-electron chi connectivity index (χ4n) is 1.14. The highest BCUT2D eigenvalue weighted by Crippen LogP contribution is 2.22. The number of aryl methyl sites for hydroxylation is 1. The maximum Gasteiger partial charge on any atom is 0.0875 e. The van der Waals surface area contributed by atoms with Gasteiger partial charge in [0, 0.05) is 12.4 Å². The van der Waals surface area contributed by atoms with Crippen molar-refractivity contribution in [3.63, 3.8) is 0 Å². The van der Waals surface area contributed by atoms with Gasteiger partial charge in [0.15, 0.2) is 0 Å². The standard InChI is InChI=1S/C9H7ClIN3/c1-6-9(10)8(2-3-12-6)14-5-7(11)4-13-14/h2-5H,1H3. The van der Waals surface area contributed by atoms with Crippen LogP contribution in [0.3, 0.4) is 0 Å². The van der Waals surface area contributed by atoms with E-state index in [9.17, 15) is 0 Å². The lowest BCUT2D eigenvalue weighted by Gasteiger charge is -2.04. The smallest absolute Gasteiger partial charge is 0.0875 e. The van der Waals surface area contributed by atoms with Crippen LogP contribution in [-0.4, -0.2) is 14.8 Å². The summed E-state index contributed by atoms with van der Waals surface area (Å²) in [7, 11) is 0. The van der Waals surface area contributed by atoms with Crippen LogP contribution in [0.25, 0.3) is 5.69 Å². The van der Waals surface area contributed by atoms with Crippen LogP contribution in [0.4, 0.5) is 0 Å². The zero-order valence-corrected chi connectivity index (χ0v) is 10.3. The predicted molar refractivity (Wildman–Crippen MR) is 63.8 cm³/mol. The van der Waals surface area contributed by atoms with Crippen LogP contribution in [0, 0.1) is 10.5 Å². The monoisotopic (exact) mass is 319 g/mol. The molecule has 0 amide bonds. The van der Waals surface area contributed by atoms with Gasteiger partial charge in [0.2, 0.25) is 0 Å². The fraction of sp³-hybridized carbons (Fsp3) is 0.111. The van der Waals surface area contributed by atoms with Crippen LogP contribution >= 0.6 is 34.2 Å². The lowest BCUT2D eigenvalue weighted by Crippen LogP contribution is -1.97. The molecule has 0 aromatic carbocycles. The van der Waals surface area contributed by atoms with Crippen molar-refractivity contribution in [3.8, 4) is 5.69 Å². The number of hydrogen-bond donors (Lipinski definition) is 0. The molecule has 0 aliphatic heterocycles. The Morgan fingerprint density at radius 3 is 2.93 bits per heavy atom. The van der Waals surface area contributed by atoms with Crippen LogP contribution in [-0.2, 0) is 0 Å². The first-order chi connectivity index (χ1) is 6.68. The highest BCUT2D eigenvalue weighted by molar-refractivity contribution is 14.1. The second-order valence-corrected chi connectivity index (χ2v) is 4.46. The molecule has 0 N–H and O–H groups in total. The van der Waals surface area contributed by atoms with Gasteiger partial charge in [0.25, 0.3) is 0 Å². The van der Waals surface area contributed by atoms with E-state index in [0.717, 1.165) is 15.0 Å². The zero-order chi connectivity index (χ0) is 10.1. The van der Waals surface area contributed by atoms with Crippen LogP contribution in [0.5, 0.6) is 0 Å². The molecule has 72 valence electrons. The summed E-state index contributed by atoms with van der Waals surface area (Å²) in [6.07, 6.45) is 5.43. The molecule has 2 aromatic heterocycles. The highest BCUT2D eigenvalue weighted by Gasteiger charge is 2.06. The third-order valence-corrected chi connectivity index (χ3v) is 2.87. The summed E-state index contributed by atoms with van der Waals surface area (Å²) in [4.78, 5) is 4.10. The van der Waals surface area contributed by atoms with E-state index < -0.39 is 0 Å². The van der Waals surface area contributed by atoms with Crippen molar-refractivity contribution in [1.29, 1.82) is 0 Å². The molecule has 0 spiro atoms. The highest BCUT2D eigenvalue weighted by atomic mass is 127. The Balaban J connectivity index is 2.57. The first-order valence-corrected chi connectivity index (χ1v) is 5.46. The molecule has 0 bridgehead atoms. The minimum Gasteiger partial charge on any atom is -0.260 e. The second-order valence-electron chi connectivity index (χ2n) is 2.83. The van der Waals surface area contributed by atoms with E-state index in [2.05, 4.69) is 32.7 Å². The van der Waals surface area contributed by atoms with Gasteiger partial charge in [0.1, 0.15) is 0 Å². The lowest BCUT2D eigenvalue weighted by molar-refractivity contribution is 0.875. The van der Waals surface area contributed by atoms with E-state index >= 15 is 0 Å². The summed E-state index contributed by atoms with van der Waals surface area (Å²) in [5.74, 6) is 0. The van der Waals surface area contributed by atoms with Gasteiger partial charge >= 0.3 is 0 Å². The molecular formula is C9H7ClIN3. The maximum atomic E-state index is 6.11. The van der Waals surface area contributed by atoms with Gasteiger partial charge in [-0.15, -0.1) is 0 Å². The molecule has 14 heavy (non-hydrogen) atoms. The first-order valence-electron chi connectivity index (χ1n) is 4.00. The minimum atomic E-state index is 0.645. The molecular weight excluding hydrogens is 312 g/mol. The Morgan fingerprint density at radius 1 is 1.50 bits per heavy atom. The first kappa shape index (κ1) is 9.92. The Morgan fingerprint density at radius 2 is 2.29 bits per heavy atom. The fourth-order valence-corrected chi connectivity index (χ4v) is 1.73. The van der Waals surface area contributed by atoms with Gasteiger partial charge in [-0.1, -0.05) is 11.6 Å². The number of rotatable bonds is 1. The van der Waals surface area contributed by atoms with E-state index in [1.54, 1.807) is 17.1 Å². The van der Waals surface area contributed by atoms with Crippen LogP contribution in [0.15, 0.2) is 24.7 Å². The number of hydrogen-bond acceptors (Lipinski definition) is 2. The van der Waals surface area contributed by atoms with Crippen molar-refractivity contribution in [2.45, 2.75) is 6.92 Å². The SMILES string of the molecule is Cc1nccc(-n2cc(I)cn2)c1Cl. The van der Waals surface area contributed by atoms with Gasteiger partial charge in [-0.05, 0) is 35.6 Å². The average molecular weight is 320 g/mol. The van der Waals surface area contributed by atoms with Gasteiger partial charge < -0.3 is 0 Å². The largest absolute Gasteiger partial charge is 0.260 e. The molecule has 0 aliphatic carbocycles. The van der Waals surface area contributed by atoms with Crippen molar-refractivity contribution in [2.24, 2.45) is 0 Å². The third kappa shape index (κ3) is 1.76. The third-order valence-electron chi connectivity index (χ3n) is 1.84. The van der Waals surface area contributed by atoms with E-state index in [1.807, 2.05) is 19.2 Å². The number of pyridine rings is 1. The van der Waals surface area contributed by atoms with Crippen LogP contribution in [0.1, 0.15) is 5.69 Å². The van der Waals surface area contributed by atoms with E-state index in [4.69, 9.17) is 11.6 Å². The van der Waals surface area contributed by atoms with Crippen molar-refractivity contribution < 1.29 is 0 Å². The van der Waals surface area contributed by atoms with Gasteiger partial charge in [-0.25, -0.2) is 4.68 Å². The van der Waals surface area contributed by atoms with Gasteiger partial charge in [0.05, 0.1) is 26.2 Å². The normalized spacial score (nSPS) is 10.5. The summed E-state index contributed by atoms with van der Waals surface area (Å²) in [5, 5.41) is 4.83. The van der Waals surface area contributed by atoms with Crippen molar-refractivity contribution in [2.75, 3.05) is 0 Å². The molecule has 2 aromatic rings. The molecule has 0 unspecified atom stereocenters. The molecule has 0 fully saturated rings. The van der Waals surface area contributed by atoms with Crippen molar-refractivity contribution in [1.82, 2.24) is 14.8 Å². The topological polar surface area (TPSA) is 30.7 Å². The molecule has 0 saturated heterocycles. The zero-order valence-electron chi connectivity index (χ0n) is 7.41. The molecule has 3 nitrogen and oxygen atoms in total. The summed E-state index contributed by atoms with van der Waals surface area (Å²) < 4.78 is 2.83. The Kier molecular flexibility index (Phi) is 2.73. The molecule has 0 radical (unpaired) electrons. The van der Waals surface area contributed by atoms with Crippen LogP contribution in [0.2, 0.25) is 5.02 Å². The van der Waals surface area contributed by atoms with E-state index in [0.29, 0.717) is 5.02 Å². The summed E-state index contributed by atoms with van der Waals surface area (Å²) in [6.45, 7) is 1.88. The molecule has 2 rings (SSSR count). The van der Waals surface area contributed by atoms with Crippen molar-refractivity contribution in [3.05, 3.63) is 38.9 Å². The minimum absolute atomic E-state index is 0.645. The number of aromatic nitrogens is 3. The Labute approximate surface area is 100 Å². The van der Waals surface area contributed by atoms with Gasteiger partial charge in [-0.3, -0.25) is 4.98 Å². The van der Waals surface area contributed by atoms with E-state index in [1.165, 1.54) is 0 Å². The van der Waals surface area contributed by atoms with E-state index in [-0.39, 0.29) is 0 Å². The maximum absolute atomic E-state index is 6.11. The molecule has 0 saturated carbocycles. The summed E-state index contributed by atoms with van der Waals surface area (Å²) in [6, 6.07) is 1.85. The quantitative estimate of drug-likeness (QED) is 0.757. The summed E-state index contributed by atoms with van der Waals surface area (Å²) >= 11 is 8.32. The number of nitrogens with zero attached hydrogens (tertiary/aromatic N) is 3. The molecule has 0 aliphatic rings. The average Bonchev–Trinajstić information content (AvgIpc) is 2.57. The second kappa shape index (κ2) is 3.86. The Bertz CT molecular complexity index is 467. The summed E-state index contributed by atoms with van der Waals surface area (Å²) in [5.41, 5.74) is 1.68. The van der Waals surface area contributed by atoms with Gasteiger partial charge in [-0.2, -0.15) is 5.10 Å². The molecule has 5 heteroatoms. The predicted octanol–water partition coefficient (Wildman–Crippen LogP) is 2.83. The Hall–Kier alpha value is -0.620. The molecule has 2 heterocycles. The lowest BCUT2D eigenvalue weighted by atomic mass is 10.3. The van der Waals surface area contributed by atoms with Crippen LogP contribution < -0.4 is 0 Å². The van der Waals surface area contributed by atoms with Crippen molar-refractivity contribution >= 4 is 34.2 Å².